The van der Waals surface area contributed by atoms with E-state index in [1.807, 2.05) is 48.5 Å². The number of benzene rings is 2. The van der Waals surface area contributed by atoms with Gasteiger partial charge in [0.1, 0.15) is 17.2 Å². The summed E-state index contributed by atoms with van der Waals surface area (Å²) in [5, 5.41) is 8.11. The number of allylic oxidation sites excluding steroid dienone is 1. The second-order valence-corrected chi connectivity index (χ2v) is 5.48. The van der Waals surface area contributed by atoms with Crippen LogP contribution in [-0.2, 0) is 13.0 Å². The van der Waals surface area contributed by atoms with Crippen molar-refractivity contribution < 1.29 is 18.6 Å². The molecular weight excluding hydrogens is 332 g/mol. The van der Waals surface area contributed by atoms with E-state index in [0.29, 0.717) is 18.2 Å². The molecule has 0 saturated carbocycles. The van der Waals surface area contributed by atoms with Crippen molar-refractivity contribution in [3.05, 3.63) is 66.6 Å². The summed E-state index contributed by atoms with van der Waals surface area (Å²) in [5.74, 6) is 3.11. The van der Waals surface area contributed by atoms with Gasteiger partial charge in [-0.3, -0.25) is 0 Å². The number of nitrogens with zero attached hydrogens (tertiary/aromatic N) is 2. The zero-order valence-corrected chi connectivity index (χ0v) is 14.8. The van der Waals surface area contributed by atoms with Crippen molar-refractivity contribution in [3.8, 4) is 28.7 Å². The quantitative estimate of drug-likeness (QED) is 0.570. The molecule has 0 amide bonds. The highest BCUT2D eigenvalue weighted by molar-refractivity contribution is 5.53. The smallest absolute Gasteiger partial charge is 0.254 e. The van der Waals surface area contributed by atoms with Gasteiger partial charge in [-0.15, -0.1) is 16.8 Å². The minimum atomic E-state index is 0.180. The normalized spacial score (nSPS) is 10.4. The molecule has 0 fully saturated rings. The topological polar surface area (TPSA) is 66.6 Å². The van der Waals surface area contributed by atoms with Crippen LogP contribution in [0.3, 0.4) is 0 Å². The first kappa shape index (κ1) is 17.5. The van der Waals surface area contributed by atoms with Crippen molar-refractivity contribution in [2.24, 2.45) is 0 Å². The van der Waals surface area contributed by atoms with E-state index in [1.54, 1.807) is 14.2 Å². The summed E-state index contributed by atoms with van der Waals surface area (Å²) >= 11 is 0. The minimum Gasteiger partial charge on any atom is -0.497 e. The van der Waals surface area contributed by atoms with Gasteiger partial charge < -0.3 is 18.6 Å². The summed E-state index contributed by atoms with van der Waals surface area (Å²) in [7, 11) is 3.25. The van der Waals surface area contributed by atoms with Crippen LogP contribution in [0.2, 0.25) is 0 Å². The molecule has 0 bridgehead atoms. The molecule has 0 saturated heterocycles. The molecule has 0 aliphatic heterocycles. The largest absolute Gasteiger partial charge is 0.497 e. The molecule has 0 aliphatic rings. The first-order valence-electron chi connectivity index (χ1n) is 8.11. The van der Waals surface area contributed by atoms with E-state index >= 15 is 0 Å². The Morgan fingerprint density at radius 1 is 1.00 bits per heavy atom. The summed E-state index contributed by atoms with van der Waals surface area (Å²) in [6.07, 6.45) is 2.49. The fourth-order valence-electron chi connectivity index (χ4n) is 2.44. The molecule has 3 rings (SSSR count). The standard InChI is InChI=1S/C20H20N2O4/c1-4-5-15-12-17(24-3)10-11-18(15)25-13-19-21-22-20(26-19)14-6-8-16(23-2)9-7-14/h4,6-12H,1,5,13H2,2-3H3. The Balaban J connectivity index is 1.70. The summed E-state index contributed by atoms with van der Waals surface area (Å²) < 4.78 is 21.9. The van der Waals surface area contributed by atoms with Crippen LogP contribution in [0.15, 0.2) is 59.5 Å². The maximum Gasteiger partial charge on any atom is 0.254 e. The predicted molar refractivity (Wildman–Crippen MR) is 97.5 cm³/mol. The number of rotatable bonds is 8. The van der Waals surface area contributed by atoms with E-state index in [9.17, 15) is 0 Å². The van der Waals surface area contributed by atoms with Crippen LogP contribution < -0.4 is 14.2 Å². The molecule has 2 aromatic carbocycles. The van der Waals surface area contributed by atoms with Gasteiger partial charge in [-0.2, -0.15) is 0 Å². The van der Waals surface area contributed by atoms with E-state index < -0.39 is 0 Å². The third-order valence-electron chi connectivity index (χ3n) is 3.79. The third-order valence-corrected chi connectivity index (χ3v) is 3.79. The lowest BCUT2D eigenvalue weighted by Gasteiger charge is -2.10. The van der Waals surface area contributed by atoms with Crippen molar-refractivity contribution in [2.45, 2.75) is 13.0 Å². The fraction of sp³-hybridized carbons (Fsp3) is 0.200. The first-order valence-corrected chi connectivity index (χ1v) is 8.11. The molecule has 0 radical (unpaired) electrons. The van der Waals surface area contributed by atoms with Gasteiger partial charge in [-0.05, 0) is 48.9 Å². The van der Waals surface area contributed by atoms with Gasteiger partial charge in [-0.25, -0.2) is 0 Å². The summed E-state index contributed by atoms with van der Waals surface area (Å²) in [4.78, 5) is 0. The average Bonchev–Trinajstić information content (AvgIpc) is 3.16. The lowest BCUT2D eigenvalue weighted by Crippen LogP contribution is -1.99. The number of aromatic nitrogens is 2. The summed E-state index contributed by atoms with van der Waals surface area (Å²) in [6.45, 7) is 3.95. The van der Waals surface area contributed by atoms with Crippen molar-refractivity contribution in [1.82, 2.24) is 10.2 Å². The van der Waals surface area contributed by atoms with Crippen LogP contribution in [0, 0.1) is 0 Å². The lowest BCUT2D eigenvalue weighted by atomic mass is 10.1. The Morgan fingerprint density at radius 2 is 1.73 bits per heavy atom. The first-order chi connectivity index (χ1) is 12.7. The van der Waals surface area contributed by atoms with Gasteiger partial charge in [0.2, 0.25) is 5.89 Å². The number of ether oxygens (including phenoxy) is 3. The molecule has 134 valence electrons. The molecule has 3 aromatic rings. The van der Waals surface area contributed by atoms with Gasteiger partial charge in [0.15, 0.2) is 6.61 Å². The number of hydrogen-bond donors (Lipinski definition) is 0. The molecule has 1 aromatic heterocycles. The Bertz CT molecular complexity index is 872. The van der Waals surface area contributed by atoms with Crippen molar-refractivity contribution in [3.63, 3.8) is 0 Å². The highest BCUT2D eigenvalue weighted by atomic mass is 16.5. The van der Waals surface area contributed by atoms with E-state index in [4.69, 9.17) is 18.6 Å². The van der Waals surface area contributed by atoms with Crippen molar-refractivity contribution >= 4 is 0 Å². The molecule has 0 atom stereocenters. The third kappa shape index (κ3) is 4.03. The van der Waals surface area contributed by atoms with Crippen molar-refractivity contribution in [2.75, 3.05) is 14.2 Å². The zero-order chi connectivity index (χ0) is 18.4. The Morgan fingerprint density at radius 3 is 2.42 bits per heavy atom. The maximum atomic E-state index is 5.84. The monoisotopic (exact) mass is 352 g/mol. The van der Waals surface area contributed by atoms with Gasteiger partial charge in [0, 0.05) is 11.1 Å². The van der Waals surface area contributed by atoms with Gasteiger partial charge >= 0.3 is 0 Å². The molecule has 0 N–H and O–H groups in total. The van der Waals surface area contributed by atoms with Crippen LogP contribution in [0.4, 0.5) is 0 Å². The number of methoxy groups -OCH3 is 2. The van der Waals surface area contributed by atoms with Crippen LogP contribution in [0.1, 0.15) is 11.5 Å². The van der Waals surface area contributed by atoms with E-state index in [0.717, 1.165) is 28.4 Å². The van der Waals surface area contributed by atoms with E-state index in [1.165, 1.54) is 0 Å². The molecule has 26 heavy (non-hydrogen) atoms. The Hall–Kier alpha value is -3.28. The average molecular weight is 352 g/mol. The van der Waals surface area contributed by atoms with E-state index in [2.05, 4.69) is 16.8 Å². The number of hydrogen-bond acceptors (Lipinski definition) is 6. The molecule has 0 unspecified atom stereocenters. The SMILES string of the molecule is C=CCc1cc(OC)ccc1OCc1nnc(-c2ccc(OC)cc2)o1. The highest BCUT2D eigenvalue weighted by Crippen LogP contribution is 2.26. The molecular formula is C20H20N2O4. The Kier molecular flexibility index (Phi) is 5.53. The fourth-order valence-corrected chi connectivity index (χ4v) is 2.44. The maximum absolute atomic E-state index is 5.84. The van der Waals surface area contributed by atoms with E-state index in [-0.39, 0.29) is 6.61 Å². The van der Waals surface area contributed by atoms with Gasteiger partial charge in [0.05, 0.1) is 14.2 Å². The predicted octanol–water partition coefficient (Wildman–Crippen LogP) is 4.06. The molecule has 1 heterocycles. The second-order valence-electron chi connectivity index (χ2n) is 5.48. The second kappa shape index (κ2) is 8.20. The van der Waals surface area contributed by atoms with Crippen LogP contribution in [0.5, 0.6) is 17.2 Å². The highest BCUT2D eigenvalue weighted by Gasteiger charge is 2.11. The molecule has 0 aliphatic carbocycles. The van der Waals surface area contributed by atoms with Gasteiger partial charge in [-0.1, -0.05) is 6.08 Å². The van der Waals surface area contributed by atoms with Crippen LogP contribution in [0.25, 0.3) is 11.5 Å². The van der Waals surface area contributed by atoms with Gasteiger partial charge in [0.25, 0.3) is 5.89 Å². The minimum absolute atomic E-state index is 0.180. The van der Waals surface area contributed by atoms with Crippen LogP contribution in [-0.4, -0.2) is 24.4 Å². The zero-order valence-electron chi connectivity index (χ0n) is 14.8. The molecule has 0 spiro atoms. The van der Waals surface area contributed by atoms with Crippen molar-refractivity contribution in [1.29, 1.82) is 0 Å². The lowest BCUT2D eigenvalue weighted by molar-refractivity contribution is 0.262. The Labute approximate surface area is 152 Å². The summed E-state index contributed by atoms with van der Waals surface area (Å²) in [6, 6.07) is 13.0. The molecule has 6 nitrogen and oxygen atoms in total. The van der Waals surface area contributed by atoms with Crippen LogP contribution >= 0.6 is 0 Å². The molecule has 6 heteroatoms. The summed E-state index contributed by atoms with van der Waals surface area (Å²) in [5.41, 5.74) is 1.80.